The summed E-state index contributed by atoms with van der Waals surface area (Å²) in [5.41, 5.74) is 0.755. The number of urea groups is 1. The van der Waals surface area contributed by atoms with Gasteiger partial charge in [0.2, 0.25) is 0 Å². The maximum absolute atomic E-state index is 12.0. The predicted octanol–water partition coefficient (Wildman–Crippen LogP) is 3.99. The molecule has 0 spiro atoms. The zero-order chi connectivity index (χ0) is 13.0. The van der Waals surface area contributed by atoms with E-state index in [1.54, 1.807) is 12.1 Å². The Kier molecular flexibility index (Phi) is 4.48. The summed E-state index contributed by atoms with van der Waals surface area (Å²) in [6.07, 6.45) is 3.43. The number of hydrogen-bond acceptors (Lipinski definition) is 1. The summed E-state index contributed by atoms with van der Waals surface area (Å²) in [5.74, 6) is 0.778. The second-order valence-electron chi connectivity index (χ2n) is 4.78. The molecule has 1 aliphatic rings. The minimum Gasteiger partial charge on any atom is -0.325 e. The number of likely N-dealkylation sites (tertiary alicyclic amines) is 1. The van der Waals surface area contributed by atoms with E-state index in [0.29, 0.717) is 5.02 Å². The molecule has 1 aromatic carbocycles. The van der Waals surface area contributed by atoms with Gasteiger partial charge in [0, 0.05) is 23.8 Å². The number of piperidine rings is 1. The highest BCUT2D eigenvalue weighted by molar-refractivity contribution is 6.30. The number of nitrogens with one attached hydrogen (secondary N) is 1. The molecule has 4 heteroatoms. The second kappa shape index (κ2) is 6.10. The molecule has 1 N–H and O–H groups in total. The smallest absolute Gasteiger partial charge is 0.321 e. The van der Waals surface area contributed by atoms with Crippen LogP contribution in [-0.2, 0) is 0 Å². The SMILES string of the molecule is CCC1CCN(C(=O)Nc2cccc(Cl)c2)CC1. The van der Waals surface area contributed by atoms with Crippen LogP contribution in [0.5, 0.6) is 0 Å². The fraction of sp³-hybridized carbons (Fsp3) is 0.500. The Hall–Kier alpha value is -1.22. The van der Waals surface area contributed by atoms with E-state index in [1.807, 2.05) is 17.0 Å². The number of amides is 2. The average molecular weight is 267 g/mol. The van der Waals surface area contributed by atoms with Gasteiger partial charge in [-0.3, -0.25) is 0 Å². The largest absolute Gasteiger partial charge is 0.325 e. The van der Waals surface area contributed by atoms with Crippen LogP contribution < -0.4 is 5.32 Å². The van der Waals surface area contributed by atoms with Gasteiger partial charge in [0.15, 0.2) is 0 Å². The lowest BCUT2D eigenvalue weighted by Gasteiger charge is -2.31. The van der Waals surface area contributed by atoms with E-state index >= 15 is 0 Å². The number of carbonyl (C=O) groups excluding carboxylic acids is 1. The van der Waals surface area contributed by atoms with Crippen LogP contribution >= 0.6 is 11.6 Å². The number of rotatable bonds is 2. The van der Waals surface area contributed by atoms with Crippen molar-refractivity contribution < 1.29 is 4.79 Å². The lowest BCUT2D eigenvalue weighted by atomic mass is 9.95. The Morgan fingerprint density at radius 2 is 2.17 bits per heavy atom. The first-order chi connectivity index (χ1) is 8.69. The average Bonchev–Trinajstić information content (AvgIpc) is 2.39. The van der Waals surface area contributed by atoms with Crippen molar-refractivity contribution in [2.75, 3.05) is 18.4 Å². The highest BCUT2D eigenvalue weighted by Crippen LogP contribution is 2.21. The maximum atomic E-state index is 12.0. The number of carbonyl (C=O) groups is 1. The Labute approximate surface area is 113 Å². The summed E-state index contributed by atoms with van der Waals surface area (Å²) in [6, 6.07) is 7.22. The molecule has 3 nitrogen and oxygen atoms in total. The van der Waals surface area contributed by atoms with Crippen molar-refractivity contribution in [1.82, 2.24) is 4.90 Å². The summed E-state index contributed by atoms with van der Waals surface area (Å²) in [5, 5.41) is 3.52. The molecular weight excluding hydrogens is 248 g/mol. The molecule has 1 fully saturated rings. The molecule has 0 saturated carbocycles. The van der Waals surface area contributed by atoms with E-state index in [1.165, 1.54) is 6.42 Å². The van der Waals surface area contributed by atoms with Crippen LogP contribution in [0.1, 0.15) is 26.2 Å². The summed E-state index contributed by atoms with van der Waals surface area (Å²) < 4.78 is 0. The molecule has 1 aromatic rings. The third-order valence-corrected chi connectivity index (χ3v) is 3.79. The van der Waals surface area contributed by atoms with Gasteiger partial charge in [0.1, 0.15) is 0 Å². The highest BCUT2D eigenvalue weighted by atomic mass is 35.5. The zero-order valence-corrected chi connectivity index (χ0v) is 11.4. The molecule has 0 aliphatic carbocycles. The molecule has 1 heterocycles. The van der Waals surface area contributed by atoms with Crippen LogP contribution in [0.3, 0.4) is 0 Å². The summed E-state index contributed by atoms with van der Waals surface area (Å²) in [6.45, 7) is 3.92. The van der Waals surface area contributed by atoms with Crippen molar-refractivity contribution in [2.45, 2.75) is 26.2 Å². The first-order valence-electron chi connectivity index (χ1n) is 6.50. The van der Waals surface area contributed by atoms with E-state index in [2.05, 4.69) is 12.2 Å². The van der Waals surface area contributed by atoms with Gasteiger partial charge in [-0.05, 0) is 37.0 Å². The quantitative estimate of drug-likeness (QED) is 0.862. The highest BCUT2D eigenvalue weighted by Gasteiger charge is 2.21. The molecule has 0 unspecified atom stereocenters. The van der Waals surface area contributed by atoms with Crippen LogP contribution in [0.4, 0.5) is 10.5 Å². The van der Waals surface area contributed by atoms with E-state index in [9.17, 15) is 4.79 Å². The predicted molar refractivity (Wildman–Crippen MR) is 75.1 cm³/mol. The van der Waals surface area contributed by atoms with E-state index in [0.717, 1.165) is 37.5 Å². The van der Waals surface area contributed by atoms with Gasteiger partial charge in [0.05, 0.1) is 0 Å². The topological polar surface area (TPSA) is 32.3 Å². The fourth-order valence-electron chi connectivity index (χ4n) is 2.31. The summed E-state index contributed by atoms with van der Waals surface area (Å²) in [7, 11) is 0. The van der Waals surface area contributed by atoms with Crippen molar-refractivity contribution in [3.05, 3.63) is 29.3 Å². The zero-order valence-electron chi connectivity index (χ0n) is 10.7. The van der Waals surface area contributed by atoms with E-state index in [-0.39, 0.29) is 6.03 Å². The van der Waals surface area contributed by atoms with Gasteiger partial charge >= 0.3 is 6.03 Å². The molecule has 1 aliphatic heterocycles. The van der Waals surface area contributed by atoms with Crippen LogP contribution in [0.15, 0.2) is 24.3 Å². The summed E-state index contributed by atoms with van der Waals surface area (Å²) in [4.78, 5) is 13.9. The number of benzene rings is 1. The van der Waals surface area contributed by atoms with Gasteiger partial charge in [-0.2, -0.15) is 0 Å². The number of hydrogen-bond donors (Lipinski definition) is 1. The first-order valence-corrected chi connectivity index (χ1v) is 6.88. The molecule has 0 bridgehead atoms. The van der Waals surface area contributed by atoms with Crippen molar-refractivity contribution in [3.8, 4) is 0 Å². The van der Waals surface area contributed by atoms with Gasteiger partial charge in [-0.1, -0.05) is 31.0 Å². The summed E-state index contributed by atoms with van der Waals surface area (Å²) >= 11 is 5.89. The number of anilines is 1. The molecule has 98 valence electrons. The minimum atomic E-state index is -0.0215. The van der Waals surface area contributed by atoms with Crippen LogP contribution in [0.25, 0.3) is 0 Å². The third kappa shape index (κ3) is 3.39. The number of nitrogens with zero attached hydrogens (tertiary/aromatic N) is 1. The molecule has 1 saturated heterocycles. The van der Waals surface area contributed by atoms with Crippen LogP contribution in [-0.4, -0.2) is 24.0 Å². The third-order valence-electron chi connectivity index (χ3n) is 3.55. The van der Waals surface area contributed by atoms with Gasteiger partial charge in [-0.15, -0.1) is 0 Å². The maximum Gasteiger partial charge on any atom is 0.321 e. The Bertz CT molecular complexity index is 414. The molecule has 2 rings (SSSR count). The van der Waals surface area contributed by atoms with Gasteiger partial charge in [0.25, 0.3) is 0 Å². The normalized spacial score (nSPS) is 16.7. The fourth-order valence-corrected chi connectivity index (χ4v) is 2.50. The molecule has 2 amide bonds. The van der Waals surface area contributed by atoms with E-state index < -0.39 is 0 Å². The Balaban J connectivity index is 1.89. The van der Waals surface area contributed by atoms with Crippen molar-refractivity contribution in [3.63, 3.8) is 0 Å². The Morgan fingerprint density at radius 3 is 2.78 bits per heavy atom. The standard InChI is InChI=1S/C14H19ClN2O/c1-2-11-6-8-17(9-7-11)14(18)16-13-5-3-4-12(15)10-13/h3-5,10-11H,2,6-9H2,1H3,(H,16,18). The molecule has 0 aromatic heterocycles. The first kappa shape index (κ1) is 13.2. The molecule has 18 heavy (non-hydrogen) atoms. The van der Waals surface area contributed by atoms with Gasteiger partial charge in [-0.25, -0.2) is 4.79 Å². The lowest BCUT2D eigenvalue weighted by molar-refractivity contribution is 0.181. The Morgan fingerprint density at radius 1 is 1.44 bits per heavy atom. The van der Waals surface area contributed by atoms with Crippen LogP contribution in [0, 0.1) is 5.92 Å². The van der Waals surface area contributed by atoms with Crippen LogP contribution in [0.2, 0.25) is 5.02 Å². The molecule has 0 radical (unpaired) electrons. The number of halogens is 1. The monoisotopic (exact) mass is 266 g/mol. The molecular formula is C14H19ClN2O. The second-order valence-corrected chi connectivity index (χ2v) is 5.22. The lowest BCUT2D eigenvalue weighted by Crippen LogP contribution is -2.40. The van der Waals surface area contributed by atoms with Crippen molar-refractivity contribution >= 4 is 23.3 Å². The van der Waals surface area contributed by atoms with E-state index in [4.69, 9.17) is 11.6 Å². The van der Waals surface area contributed by atoms with Gasteiger partial charge < -0.3 is 10.2 Å². The van der Waals surface area contributed by atoms with Crippen molar-refractivity contribution in [1.29, 1.82) is 0 Å². The molecule has 0 atom stereocenters. The minimum absolute atomic E-state index is 0.0215. The van der Waals surface area contributed by atoms with Crippen molar-refractivity contribution in [2.24, 2.45) is 5.92 Å².